The number of esters is 1. The average molecular weight is 327 g/mol. The Hall–Kier alpha value is -2.95. The van der Waals surface area contributed by atoms with Crippen LogP contribution in [0.2, 0.25) is 0 Å². The van der Waals surface area contributed by atoms with Crippen molar-refractivity contribution in [1.29, 1.82) is 0 Å². The standard InChI is InChI=1S/C19H18FNO3/c20-17-9-5-4-8-16(17)10-11-19(23)24-14-18(22)21-13-12-15-6-2-1-3-7-15/h1-11H,12-14H2,(H,21,22)/b11-10+. The van der Waals surface area contributed by atoms with Gasteiger partial charge in [-0.3, -0.25) is 4.79 Å². The molecule has 0 bridgehead atoms. The number of carbonyl (C=O) groups is 2. The first-order valence-corrected chi connectivity index (χ1v) is 7.55. The molecule has 0 unspecified atom stereocenters. The second-order valence-corrected chi connectivity index (χ2v) is 5.05. The van der Waals surface area contributed by atoms with E-state index < -0.39 is 11.8 Å². The number of nitrogens with one attached hydrogen (secondary N) is 1. The molecule has 5 heteroatoms. The summed E-state index contributed by atoms with van der Waals surface area (Å²) in [7, 11) is 0. The monoisotopic (exact) mass is 327 g/mol. The number of rotatable bonds is 7. The second-order valence-electron chi connectivity index (χ2n) is 5.05. The zero-order valence-corrected chi connectivity index (χ0v) is 13.1. The lowest BCUT2D eigenvalue weighted by molar-refractivity contribution is -0.143. The Morgan fingerprint density at radius 3 is 2.50 bits per heavy atom. The first-order valence-electron chi connectivity index (χ1n) is 7.55. The highest BCUT2D eigenvalue weighted by Gasteiger charge is 2.05. The minimum atomic E-state index is -0.698. The molecular formula is C19H18FNO3. The Morgan fingerprint density at radius 2 is 1.75 bits per heavy atom. The topological polar surface area (TPSA) is 55.4 Å². The van der Waals surface area contributed by atoms with Crippen molar-refractivity contribution in [3.8, 4) is 0 Å². The van der Waals surface area contributed by atoms with E-state index in [1.54, 1.807) is 12.1 Å². The molecule has 0 atom stereocenters. The lowest BCUT2D eigenvalue weighted by atomic mass is 10.1. The van der Waals surface area contributed by atoms with Gasteiger partial charge in [-0.25, -0.2) is 9.18 Å². The van der Waals surface area contributed by atoms with Crippen molar-refractivity contribution in [1.82, 2.24) is 5.32 Å². The molecule has 1 N–H and O–H groups in total. The Bertz CT molecular complexity index is 714. The first kappa shape index (κ1) is 17.4. The number of amides is 1. The van der Waals surface area contributed by atoms with Crippen molar-refractivity contribution in [2.24, 2.45) is 0 Å². The zero-order chi connectivity index (χ0) is 17.2. The fraction of sp³-hybridized carbons (Fsp3) is 0.158. The van der Waals surface area contributed by atoms with Gasteiger partial charge in [0.2, 0.25) is 0 Å². The van der Waals surface area contributed by atoms with Gasteiger partial charge in [-0.1, -0.05) is 48.5 Å². The molecular weight excluding hydrogens is 309 g/mol. The van der Waals surface area contributed by atoms with Gasteiger partial charge >= 0.3 is 5.97 Å². The average Bonchev–Trinajstić information content (AvgIpc) is 2.60. The van der Waals surface area contributed by atoms with Crippen molar-refractivity contribution < 1.29 is 18.7 Å². The SMILES string of the molecule is O=C(COC(=O)/C=C/c1ccccc1F)NCCc1ccccc1. The third kappa shape index (κ3) is 6.04. The van der Waals surface area contributed by atoms with E-state index in [-0.39, 0.29) is 18.1 Å². The molecule has 24 heavy (non-hydrogen) atoms. The van der Waals surface area contributed by atoms with E-state index >= 15 is 0 Å². The van der Waals surface area contributed by atoms with Gasteiger partial charge in [-0.2, -0.15) is 0 Å². The number of hydrogen-bond acceptors (Lipinski definition) is 3. The highest BCUT2D eigenvalue weighted by atomic mass is 19.1. The van der Waals surface area contributed by atoms with Gasteiger partial charge in [-0.05, 0) is 24.1 Å². The van der Waals surface area contributed by atoms with Crippen molar-refractivity contribution in [2.75, 3.05) is 13.2 Å². The number of hydrogen-bond donors (Lipinski definition) is 1. The van der Waals surface area contributed by atoms with Gasteiger partial charge in [0.1, 0.15) is 5.82 Å². The molecule has 0 fully saturated rings. The van der Waals surface area contributed by atoms with E-state index in [1.165, 1.54) is 18.2 Å². The van der Waals surface area contributed by atoms with E-state index in [0.717, 1.165) is 11.6 Å². The summed E-state index contributed by atoms with van der Waals surface area (Å²) in [5.41, 5.74) is 1.39. The normalized spacial score (nSPS) is 10.5. The molecule has 124 valence electrons. The number of carbonyl (C=O) groups excluding carboxylic acids is 2. The maximum Gasteiger partial charge on any atom is 0.331 e. The van der Waals surface area contributed by atoms with Crippen LogP contribution in [0.3, 0.4) is 0 Å². The fourth-order valence-electron chi connectivity index (χ4n) is 1.99. The summed E-state index contributed by atoms with van der Waals surface area (Å²) >= 11 is 0. The van der Waals surface area contributed by atoms with E-state index in [9.17, 15) is 14.0 Å². The number of ether oxygens (including phenoxy) is 1. The maximum atomic E-state index is 13.4. The van der Waals surface area contributed by atoms with Crippen LogP contribution in [-0.4, -0.2) is 25.0 Å². The molecule has 2 aromatic carbocycles. The molecule has 4 nitrogen and oxygen atoms in total. The Balaban J connectivity index is 1.68. The Kier molecular flexibility index (Phi) is 6.71. The fourth-order valence-corrected chi connectivity index (χ4v) is 1.99. The van der Waals surface area contributed by atoms with Crippen molar-refractivity contribution in [3.63, 3.8) is 0 Å². The minimum Gasteiger partial charge on any atom is -0.452 e. The molecule has 2 rings (SSSR count). The molecule has 0 saturated carbocycles. The first-order chi connectivity index (χ1) is 11.6. The third-order valence-corrected chi connectivity index (χ3v) is 3.23. The lowest BCUT2D eigenvalue weighted by Gasteiger charge is -2.05. The highest BCUT2D eigenvalue weighted by Crippen LogP contribution is 2.08. The molecule has 1 amide bonds. The maximum absolute atomic E-state index is 13.4. The number of halogens is 1. The van der Waals surface area contributed by atoms with E-state index in [2.05, 4.69) is 5.32 Å². The summed E-state index contributed by atoms with van der Waals surface area (Å²) in [5, 5.41) is 2.67. The molecule has 0 heterocycles. The highest BCUT2D eigenvalue weighted by molar-refractivity contribution is 5.89. The Labute approximate surface area is 140 Å². The molecule has 0 aromatic heterocycles. The van der Waals surface area contributed by atoms with Crippen LogP contribution in [0.25, 0.3) is 6.08 Å². The van der Waals surface area contributed by atoms with Gasteiger partial charge in [-0.15, -0.1) is 0 Å². The van der Waals surface area contributed by atoms with Crippen LogP contribution >= 0.6 is 0 Å². The summed E-state index contributed by atoms with van der Waals surface area (Å²) in [6.07, 6.45) is 3.11. The van der Waals surface area contributed by atoms with Crippen LogP contribution in [0.15, 0.2) is 60.7 Å². The van der Waals surface area contributed by atoms with Crippen LogP contribution in [0.4, 0.5) is 4.39 Å². The summed E-state index contributed by atoms with van der Waals surface area (Å²) in [6.45, 7) is 0.0979. The van der Waals surface area contributed by atoms with Crippen molar-refractivity contribution in [2.45, 2.75) is 6.42 Å². The Morgan fingerprint density at radius 1 is 1.04 bits per heavy atom. The van der Waals surface area contributed by atoms with Crippen LogP contribution in [0.1, 0.15) is 11.1 Å². The summed E-state index contributed by atoms with van der Waals surface area (Å²) in [4.78, 5) is 23.1. The zero-order valence-electron chi connectivity index (χ0n) is 13.1. The predicted molar refractivity (Wildman–Crippen MR) is 89.5 cm³/mol. The van der Waals surface area contributed by atoms with Crippen molar-refractivity contribution in [3.05, 3.63) is 77.6 Å². The van der Waals surface area contributed by atoms with Crippen molar-refractivity contribution >= 4 is 18.0 Å². The third-order valence-electron chi connectivity index (χ3n) is 3.23. The van der Waals surface area contributed by atoms with E-state index in [1.807, 2.05) is 30.3 Å². The smallest absolute Gasteiger partial charge is 0.331 e. The minimum absolute atomic E-state index is 0.279. The predicted octanol–water partition coefficient (Wildman–Crippen LogP) is 2.74. The number of benzene rings is 2. The van der Waals surface area contributed by atoms with Crippen LogP contribution in [0.5, 0.6) is 0 Å². The second kappa shape index (κ2) is 9.25. The molecule has 2 aromatic rings. The van der Waals surface area contributed by atoms with Crippen LogP contribution in [0, 0.1) is 5.82 Å². The summed E-state index contributed by atoms with van der Waals surface area (Å²) in [5.74, 6) is -1.50. The molecule has 0 radical (unpaired) electrons. The van der Waals surface area contributed by atoms with Crippen LogP contribution < -0.4 is 5.32 Å². The van der Waals surface area contributed by atoms with Crippen LogP contribution in [-0.2, 0) is 20.7 Å². The van der Waals surface area contributed by atoms with Gasteiger partial charge in [0.25, 0.3) is 5.91 Å². The quantitative estimate of drug-likeness (QED) is 0.628. The summed E-state index contributed by atoms with van der Waals surface area (Å²) < 4.78 is 18.2. The molecule has 0 aliphatic heterocycles. The molecule has 0 aliphatic rings. The van der Waals surface area contributed by atoms with E-state index in [0.29, 0.717) is 13.0 Å². The van der Waals surface area contributed by atoms with Gasteiger partial charge < -0.3 is 10.1 Å². The van der Waals surface area contributed by atoms with Gasteiger partial charge in [0.05, 0.1) is 0 Å². The van der Waals surface area contributed by atoms with Gasteiger partial charge in [0, 0.05) is 18.2 Å². The summed E-state index contributed by atoms with van der Waals surface area (Å²) in [6, 6.07) is 15.8. The van der Waals surface area contributed by atoms with Gasteiger partial charge in [0.15, 0.2) is 6.61 Å². The van der Waals surface area contributed by atoms with E-state index in [4.69, 9.17) is 4.74 Å². The largest absolute Gasteiger partial charge is 0.452 e. The lowest BCUT2D eigenvalue weighted by Crippen LogP contribution is -2.30. The molecule has 0 saturated heterocycles. The molecule has 0 aliphatic carbocycles. The molecule has 0 spiro atoms.